The SMILES string of the molecule is Cn1nc(C(=O)NC2CCS(=O)(=O)C2)cc1NC(=O)Cc1ccccc1. The maximum absolute atomic E-state index is 12.3. The molecule has 1 aliphatic heterocycles. The van der Waals surface area contributed by atoms with E-state index in [1.165, 1.54) is 10.7 Å². The number of nitrogens with one attached hydrogen (secondary N) is 2. The zero-order chi connectivity index (χ0) is 18.7. The van der Waals surface area contributed by atoms with Crippen molar-refractivity contribution < 1.29 is 18.0 Å². The molecule has 2 heterocycles. The number of hydrogen-bond acceptors (Lipinski definition) is 5. The number of anilines is 1. The van der Waals surface area contributed by atoms with Gasteiger partial charge < -0.3 is 10.6 Å². The first-order chi connectivity index (χ1) is 12.3. The van der Waals surface area contributed by atoms with Gasteiger partial charge in [0.25, 0.3) is 5.91 Å². The van der Waals surface area contributed by atoms with Crippen LogP contribution in [0.15, 0.2) is 36.4 Å². The van der Waals surface area contributed by atoms with Gasteiger partial charge in [0.15, 0.2) is 15.5 Å². The smallest absolute Gasteiger partial charge is 0.272 e. The number of rotatable bonds is 5. The molecule has 0 bridgehead atoms. The molecule has 9 heteroatoms. The van der Waals surface area contributed by atoms with Crippen LogP contribution in [-0.2, 0) is 28.1 Å². The Morgan fingerprint density at radius 1 is 1.27 bits per heavy atom. The zero-order valence-electron chi connectivity index (χ0n) is 14.3. The van der Waals surface area contributed by atoms with Crippen LogP contribution in [0.3, 0.4) is 0 Å². The molecule has 0 saturated carbocycles. The van der Waals surface area contributed by atoms with E-state index in [1.807, 2.05) is 30.3 Å². The summed E-state index contributed by atoms with van der Waals surface area (Å²) >= 11 is 0. The summed E-state index contributed by atoms with van der Waals surface area (Å²) in [6.07, 6.45) is 0.620. The predicted octanol–water partition coefficient (Wildman–Crippen LogP) is 0.518. The summed E-state index contributed by atoms with van der Waals surface area (Å²) < 4.78 is 24.3. The molecule has 26 heavy (non-hydrogen) atoms. The quantitative estimate of drug-likeness (QED) is 0.790. The van der Waals surface area contributed by atoms with Crippen molar-refractivity contribution in [2.75, 3.05) is 16.8 Å². The summed E-state index contributed by atoms with van der Waals surface area (Å²) in [7, 11) is -1.45. The predicted molar refractivity (Wildman–Crippen MR) is 96.5 cm³/mol. The highest BCUT2D eigenvalue weighted by atomic mass is 32.2. The molecule has 1 fully saturated rings. The van der Waals surface area contributed by atoms with Crippen molar-refractivity contribution in [3.05, 3.63) is 47.7 Å². The topological polar surface area (TPSA) is 110 Å². The van der Waals surface area contributed by atoms with Gasteiger partial charge in [0.2, 0.25) is 5.91 Å². The summed E-state index contributed by atoms with van der Waals surface area (Å²) in [5, 5.41) is 9.49. The van der Waals surface area contributed by atoms with Gasteiger partial charge in [-0.3, -0.25) is 14.3 Å². The first kappa shape index (κ1) is 18.1. The fourth-order valence-electron chi connectivity index (χ4n) is 2.83. The van der Waals surface area contributed by atoms with E-state index in [-0.39, 0.29) is 29.5 Å². The molecule has 2 aromatic rings. The highest BCUT2D eigenvalue weighted by Gasteiger charge is 2.29. The molecule has 2 amide bonds. The maximum Gasteiger partial charge on any atom is 0.272 e. The third-order valence-corrected chi connectivity index (χ3v) is 5.92. The largest absolute Gasteiger partial charge is 0.347 e. The number of sulfone groups is 1. The molecule has 1 saturated heterocycles. The monoisotopic (exact) mass is 376 g/mol. The van der Waals surface area contributed by atoms with Gasteiger partial charge in [-0.05, 0) is 12.0 Å². The Hall–Kier alpha value is -2.68. The molecule has 8 nitrogen and oxygen atoms in total. The number of nitrogens with zero attached hydrogens (tertiary/aromatic N) is 2. The summed E-state index contributed by atoms with van der Waals surface area (Å²) in [6.45, 7) is 0. The van der Waals surface area contributed by atoms with Gasteiger partial charge in [0.05, 0.1) is 17.9 Å². The van der Waals surface area contributed by atoms with E-state index < -0.39 is 21.8 Å². The third kappa shape index (κ3) is 4.48. The molecule has 0 aliphatic carbocycles. The molecule has 138 valence electrons. The van der Waals surface area contributed by atoms with Gasteiger partial charge in [-0.25, -0.2) is 8.42 Å². The molecule has 2 N–H and O–H groups in total. The molecular weight excluding hydrogens is 356 g/mol. The Bertz CT molecular complexity index is 921. The fourth-order valence-corrected chi connectivity index (χ4v) is 4.51. The van der Waals surface area contributed by atoms with Crippen molar-refractivity contribution in [1.29, 1.82) is 0 Å². The fraction of sp³-hybridized carbons (Fsp3) is 0.353. The van der Waals surface area contributed by atoms with E-state index in [0.717, 1.165) is 5.56 Å². The Kier molecular flexibility index (Phi) is 5.08. The number of aryl methyl sites for hydroxylation is 1. The van der Waals surface area contributed by atoms with Crippen LogP contribution in [0.4, 0.5) is 5.82 Å². The second-order valence-corrected chi connectivity index (χ2v) is 8.55. The lowest BCUT2D eigenvalue weighted by atomic mass is 10.1. The average molecular weight is 376 g/mol. The molecule has 1 atom stereocenters. The maximum atomic E-state index is 12.3. The highest BCUT2D eigenvalue weighted by Crippen LogP contribution is 2.14. The van der Waals surface area contributed by atoms with Crippen molar-refractivity contribution in [3.8, 4) is 0 Å². The number of benzene rings is 1. The Morgan fingerprint density at radius 2 is 2.00 bits per heavy atom. The van der Waals surface area contributed by atoms with Crippen LogP contribution >= 0.6 is 0 Å². The summed E-state index contributed by atoms with van der Waals surface area (Å²) in [5.41, 5.74) is 1.01. The number of aromatic nitrogens is 2. The summed E-state index contributed by atoms with van der Waals surface area (Å²) in [4.78, 5) is 24.4. The second-order valence-electron chi connectivity index (χ2n) is 6.32. The van der Waals surface area contributed by atoms with Crippen molar-refractivity contribution in [3.63, 3.8) is 0 Å². The Morgan fingerprint density at radius 3 is 2.65 bits per heavy atom. The summed E-state index contributed by atoms with van der Waals surface area (Å²) in [6, 6.07) is 10.4. The minimum absolute atomic E-state index is 0.0494. The van der Waals surface area contributed by atoms with E-state index in [2.05, 4.69) is 15.7 Å². The lowest BCUT2D eigenvalue weighted by molar-refractivity contribution is -0.115. The molecular formula is C17H20N4O4S. The average Bonchev–Trinajstić information content (AvgIpc) is 3.10. The zero-order valence-corrected chi connectivity index (χ0v) is 15.1. The number of carbonyl (C=O) groups is 2. The van der Waals surface area contributed by atoms with Gasteiger partial charge in [0, 0.05) is 19.2 Å². The molecule has 0 spiro atoms. The standard InChI is InChI=1S/C17H20N4O4S/c1-21-15(19-16(22)9-12-5-3-2-4-6-12)10-14(20-21)17(23)18-13-7-8-26(24,25)11-13/h2-6,10,13H,7-9,11H2,1H3,(H,18,23)(H,19,22). The molecule has 1 aromatic heterocycles. The van der Waals surface area contributed by atoms with E-state index in [0.29, 0.717) is 12.2 Å². The van der Waals surface area contributed by atoms with Crippen molar-refractivity contribution >= 4 is 27.5 Å². The van der Waals surface area contributed by atoms with Crippen LogP contribution in [0.1, 0.15) is 22.5 Å². The highest BCUT2D eigenvalue weighted by molar-refractivity contribution is 7.91. The van der Waals surface area contributed by atoms with E-state index in [9.17, 15) is 18.0 Å². The lowest BCUT2D eigenvalue weighted by Gasteiger charge is -2.08. The van der Waals surface area contributed by atoms with Gasteiger partial charge in [-0.2, -0.15) is 5.10 Å². The minimum atomic E-state index is -3.07. The van der Waals surface area contributed by atoms with E-state index in [1.54, 1.807) is 7.05 Å². The van der Waals surface area contributed by atoms with Crippen LogP contribution in [0.25, 0.3) is 0 Å². The summed E-state index contributed by atoms with van der Waals surface area (Å²) in [5.74, 6) is -0.234. The van der Waals surface area contributed by atoms with Crippen molar-refractivity contribution in [2.24, 2.45) is 7.05 Å². The number of hydrogen-bond donors (Lipinski definition) is 2. The molecule has 1 aromatic carbocycles. The Balaban J connectivity index is 1.61. The van der Waals surface area contributed by atoms with Crippen molar-refractivity contribution in [2.45, 2.75) is 18.9 Å². The van der Waals surface area contributed by atoms with Crippen LogP contribution in [0.2, 0.25) is 0 Å². The number of carbonyl (C=O) groups excluding carboxylic acids is 2. The van der Waals surface area contributed by atoms with Gasteiger partial charge in [-0.1, -0.05) is 30.3 Å². The van der Waals surface area contributed by atoms with E-state index >= 15 is 0 Å². The van der Waals surface area contributed by atoms with Crippen LogP contribution in [0.5, 0.6) is 0 Å². The normalized spacial score (nSPS) is 18.4. The molecule has 3 rings (SSSR count). The lowest BCUT2D eigenvalue weighted by Crippen LogP contribution is -2.35. The minimum Gasteiger partial charge on any atom is -0.347 e. The first-order valence-corrected chi connectivity index (χ1v) is 10.0. The van der Waals surface area contributed by atoms with Crippen LogP contribution < -0.4 is 10.6 Å². The van der Waals surface area contributed by atoms with Crippen LogP contribution in [-0.4, -0.2) is 47.6 Å². The molecule has 1 unspecified atom stereocenters. The molecule has 1 aliphatic rings. The molecule has 0 radical (unpaired) electrons. The van der Waals surface area contributed by atoms with Gasteiger partial charge in [0.1, 0.15) is 5.82 Å². The third-order valence-electron chi connectivity index (χ3n) is 4.16. The number of amides is 2. The van der Waals surface area contributed by atoms with Crippen LogP contribution in [0, 0.1) is 0 Å². The van der Waals surface area contributed by atoms with Gasteiger partial charge in [-0.15, -0.1) is 0 Å². The van der Waals surface area contributed by atoms with E-state index in [4.69, 9.17) is 0 Å². The Labute approximate surface area is 151 Å². The first-order valence-electron chi connectivity index (χ1n) is 8.21. The van der Waals surface area contributed by atoms with Gasteiger partial charge >= 0.3 is 0 Å². The van der Waals surface area contributed by atoms with Crippen molar-refractivity contribution in [1.82, 2.24) is 15.1 Å². The second kappa shape index (κ2) is 7.28.